The minimum Gasteiger partial charge on any atom is -0.354 e. The van der Waals surface area contributed by atoms with Gasteiger partial charge in [0.05, 0.1) is 0 Å². The summed E-state index contributed by atoms with van der Waals surface area (Å²) in [5.74, 6) is 0.205. The maximum absolute atomic E-state index is 11.1. The molecule has 90 valence electrons. The summed E-state index contributed by atoms with van der Waals surface area (Å²) in [6.45, 7) is 3.35. The van der Waals surface area contributed by atoms with Gasteiger partial charge in [0.1, 0.15) is 0 Å². The van der Waals surface area contributed by atoms with Crippen LogP contribution in [0.2, 0.25) is 0 Å². The van der Waals surface area contributed by atoms with E-state index in [0.29, 0.717) is 18.5 Å². The fourth-order valence-electron chi connectivity index (χ4n) is 3.47. The predicted molar refractivity (Wildman–Crippen MR) is 62.2 cm³/mol. The smallest absolute Gasteiger partial charge is 0.221 e. The van der Waals surface area contributed by atoms with E-state index in [-0.39, 0.29) is 5.91 Å². The monoisotopic (exact) mass is 223 g/mol. The minimum absolute atomic E-state index is 0.205. The van der Waals surface area contributed by atoms with Crippen molar-refractivity contribution in [1.82, 2.24) is 15.5 Å². The molecule has 0 saturated carbocycles. The molecule has 0 radical (unpaired) electrons. The van der Waals surface area contributed by atoms with Crippen LogP contribution in [-0.4, -0.2) is 48.6 Å². The summed E-state index contributed by atoms with van der Waals surface area (Å²) in [6.07, 6.45) is 6.01. The van der Waals surface area contributed by atoms with Crippen LogP contribution in [-0.2, 0) is 4.79 Å². The lowest BCUT2D eigenvalue weighted by atomic mass is 9.98. The number of hydrogen-bond acceptors (Lipinski definition) is 3. The molecule has 3 heterocycles. The first-order chi connectivity index (χ1) is 7.83. The Bertz CT molecular complexity index is 281. The lowest BCUT2D eigenvalue weighted by molar-refractivity contribution is -0.119. The number of carbonyl (C=O) groups excluding carboxylic acids is 1. The van der Waals surface area contributed by atoms with Gasteiger partial charge in [-0.25, -0.2) is 0 Å². The molecule has 3 atom stereocenters. The normalized spacial score (nSPS) is 39.8. The maximum Gasteiger partial charge on any atom is 0.221 e. The van der Waals surface area contributed by atoms with Gasteiger partial charge in [0.25, 0.3) is 0 Å². The zero-order valence-electron chi connectivity index (χ0n) is 9.74. The summed E-state index contributed by atoms with van der Waals surface area (Å²) in [6, 6.07) is 1.74. The Hall–Kier alpha value is -0.610. The van der Waals surface area contributed by atoms with E-state index in [4.69, 9.17) is 0 Å². The molecular weight excluding hydrogens is 202 g/mol. The molecule has 0 spiro atoms. The highest BCUT2D eigenvalue weighted by Gasteiger charge is 2.37. The molecule has 3 saturated heterocycles. The Balaban J connectivity index is 1.57. The molecule has 16 heavy (non-hydrogen) atoms. The van der Waals surface area contributed by atoms with Crippen molar-refractivity contribution in [3.8, 4) is 0 Å². The predicted octanol–water partition coefficient (Wildman–Crippen LogP) is 0.0913. The van der Waals surface area contributed by atoms with Crippen LogP contribution in [0, 0.1) is 0 Å². The molecule has 3 unspecified atom stereocenters. The van der Waals surface area contributed by atoms with E-state index in [2.05, 4.69) is 15.5 Å². The number of piperidine rings is 1. The third kappa shape index (κ3) is 1.96. The van der Waals surface area contributed by atoms with Crippen LogP contribution in [0.5, 0.6) is 0 Å². The Morgan fingerprint density at radius 1 is 1.25 bits per heavy atom. The Morgan fingerprint density at radius 2 is 2.19 bits per heavy atom. The largest absolute Gasteiger partial charge is 0.354 e. The molecule has 3 fully saturated rings. The molecule has 4 heteroatoms. The third-order valence-corrected chi connectivity index (χ3v) is 4.28. The third-order valence-electron chi connectivity index (χ3n) is 4.28. The highest BCUT2D eigenvalue weighted by Crippen LogP contribution is 2.27. The fraction of sp³-hybridized carbons (Fsp3) is 0.917. The maximum atomic E-state index is 11.1. The molecule has 1 amide bonds. The SMILES string of the molecule is O=C1CC(NC2CCN3CCCCC23)CN1. The molecule has 0 bridgehead atoms. The van der Waals surface area contributed by atoms with E-state index in [1.807, 2.05) is 0 Å². The van der Waals surface area contributed by atoms with Gasteiger partial charge in [-0.1, -0.05) is 6.42 Å². The van der Waals surface area contributed by atoms with Gasteiger partial charge in [0, 0.05) is 37.6 Å². The van der Waals surface area contributed by atoms with Crippen LogP contribution in [0.1, 0.15) is 32.1 Å². The number of rotatable bonds is 2. The number of amides is 1. The van der Waals surface area contributed by atoms with Crippen molar-refractivity contribution < 1.29 is 4.79 Å². The lowest BCUT2D eigenvalue weighted by Crippen LogP contribution is -2.48. The molecule has 0 aromatic carbocycles. The number of fused-ring (bicyclic) bond motifs is 1. The molecule has 3 aliphatic heterocycles. The van der Waals surface area contributed by atoms with Gasteiger partial charge in [0.2, 0.25) is 5.91 Å². The van der Waals surface area contributed by atoms with Crippen LogP contribution in [0.25, 0.3) is 0 Å². The molecule has 0 aromatic rings. The average molecular weight is 223 g/mol. The molecule has 2 N–H and O–H groups in total. The Morgan fingerprint density at radius 3 is 3.00 bits per heavy atom. The van der Waals surface area contributed by atoms with Crippen molar-refractivity contribution in [3.63, 3.8) is 0 Å². The fourth-order valence-corrected chi connectivity index (χ4v) is 3.47. The van der Waals surface area contributed by atoms with Crippen LogP contribution in [0.15, 0.2) is 0 Å². The van der Waals surface area contributed by atoms with Crippen LogP contribution < -0.4 is 10.6 Å². The summed E-state index contributed by atoms with van der Waals surface area (Å²) in [5.41, 5.74) is 0. The molecule has 4 nitrogen and oxygen atoms in total. The van der Waals surface area contributed by atoms with Crippen molar-refractivity contribution in [2.75, 3.05) is 19.6 Å². The van der Waals surface area contributed by atoms with Gasteiger partial charge in [-0.15, -0.1) is 0 Å². The number of nitrogens with zero attached hydrogens (tertiary/aromatic N) is 1. The summed E-state index contributed by atoms with van der Waals surface area (Å²) in [5, 5.41) is 6.58. The quantitative estimate of drug-likeness (QED) is 0.697. The zero-order valence-corrected chi connectivity index (χ0v) is 9.74. The van der Waals surface area contributed by atoms with Crippen molar-refractivity contribution in [2.24, 2.45) is 0 Å². The van der Waals surface area contributed by atoms with E-state index in [9.17, 15) is 4.79 Å². The summed E-state index contributed by atoms with van der Waals surface area (Å²) in [4.78, 5) is 13.8. The van der Waals surface area contributed by atoms with Crippen molar-refractivity contribution in [2.45, 2.75) is 50.2 Å². The van der Waals surface area contributed by atoms with Gasteiger partial charge >= 0.3 is 0 Å². The van der Waals surface area contributed by atoms with E-state index >= 15 is 0 Å². The minimum atomic E-state index is 0.205. The van der Waals surface area contributed by atoms with E-state index in [0.717, 1.165) is 12.6 Å². The average Bonchev–Trinajstić information content (AvgIpc) is 2.87. The van der Waals surface area contributed by atoms with Crippen molar-refractivity contribution in [1.29, 1.82) is 0 Å². The van der Waals surface area contributed by atoms with Crippen LogP contribution in [0.4, 0.5) is 0 Å². The highest BCUT2D eigenvalue weighted by molar-refractivity contribution is 5.78. The Kier molecular flexibility index (Phi) is 2.86. The van der Waals surface area contributed by atoms with Gasteiger partial charge in [0.15, 0.2) is 0 Å². The van der Waals surface area contributed by atoms with Crippen LogP contribution in [0.3, 0.4) is 0 Å². The van der Waals surface area contributed by atoms with Crippen molar-refractivity contribution >= 4 is 5.91 Å². The first-order valence-electron chi connectivity index (χ1n) is 6.60. The molecule has 0 aromatic heterocycles. The second-order valence-corrected chi connectivity index (χ2v) is 5.37. The summed E-state index contributed by atoms with van der Waals surface area (Å²) in [7, 11) is 0. The molecular formula is C12H21N3O. The molecule has 3 aliphatic rings. The van der Waals surface area contributed by atoms with Gasteiger partial charge in [-0.05, 0) is 25.8 Å². The van der Waals surface area contributed by atoms with Gasteiger partial charge in [-0.3, -0.25) is 9.69 Å². The Labute approximate surface area is 96.8 Å². The van der Waals surface area contributed by atoms with Crippen molar-refractivity contribution in [3.05, 3.63) is 0 Å². The number of nitrogens with one attached hydrogen (secondary N) is 2. The first kappa shape index (κ1) is 10.5. The standard InChI is InChI=1S/C12H21N3O/c16-12-7-9(8-13-12)14-10-4-6-15-5-2-1-3-11(10)15/h9-11,14H,1-8H2,(H,13,16). The zero-order chi connectivity index (χ0) is 11.0. The molecule has 3 rings (SSSR count). The van der Waals surface area contributed by atoms with E-state index in [1.54, 1.807) is 0 Å². The molecule has 0 aliphatic carbocycles. The second-order valence-electron chi connectivity index (χ2n) is 5.37. The van der Waals surface area contributed by atoms with Crippen LogP contribution >= 0.6 is 0 Å². The first-order valence-corrected chi connectivity index (χ1v) is 6.60. The number of carbonyl (C=O) groups is 1. The lowest BCUT2D eigenvalue weighted by Gasteiger charge is -2.33. The number of hydrogen-bond donors (Lipinski definition) is 2. The summed E-state index contributed by atoms with van der Waals surface area (Å²) < 4.78 is 0. The van der Waals surface area contributed by atoms with Gasteiger partial charge in [-0.2, -0.15) is 0 Å². The topological polar surface area (TPSA) is 44.4 Å². The van der Waals surface area contributed by atoms with E-state index < -0.39 is 0 Å². The van der Waals surface area contributed by atoms with E-state index in [1.165, 1.54) is 38.8 Å². The summed E-state index contributed by atoms with van der Waals surface area (Å²) >= 11 is 0. The highest BCUT2D eigenvalue weighted by atomic mass is 16.1. The van der Waals surface area contributed by atoms with Gasteiger partial charge < -0.3 is 10.6 Å². The second kappa shape index (κ2) is 4.34.